The summed E-state index contributed by atoms with van der Waals surface area (Å²) < 4.78 is 35.1. The van der Waals surface area contributed by atoms with E-state index in [-0.39, 0.29) is 6.61 Å². The molecule has 5 aromatic rings. The zero-order valence-corrected chi connectivity index (χ0v) is 28.2. The topological polar surface area (TPSA) is 132 Å². The molecule has 4 aromatic carbocycles. The smallest absolute Gasteiger partial charge is 0.413 e. The lowest BCUT2D eigenvalue weighted by Crippen LogP contribution is -2.37. The van der Waals surface area contributed by atoms with Gasteiger partial charge < -0.3 is 28.4 Å². The van der Waals surface area contributed by atoms with Gasteiger partial charge in [-0.15, -0.1) is 5.10 Å². The number of para-hydroxylation sites is 2. The van der Waals surface area contributed by atoms with Crippen LogP contribution >= 0.6 is 0 Å². The van der Waals surface area contributed by atoms with Crippen molar-refractivity contribution in [3.8, 4) is 17.2 Å². The average Bonchev–Trinajstić information content (AvgIpc) is 3.64. The molecule has 0 aliphatic rings. The molecule has 0 saturated heterocycles. The number of methoxy groups -OCH3 is 3. The Labute approximate surface area is 290 Å². The second kappa shape index (κ2) is 17.5. The number of hydrogen-bond donors (Lipinski definition) is 1. The number of nitrogens with one attached hydrogen (secondary N) is 1. The zero-order chi connectivity index (χ0) is 35.2. The van der Waals surface area contributed by atoms with Crippen LogP contribution in [0.4, 0.5) is 10.5 Å². The Hall–Kier alpha value is -5.88. The summed E-state index contributed by atoms with van der Waals surface area (Å²) in [4.78, 5) is 26.1. The standard InChI is InChI=1S/C38H40N4O8/c1-45-25-26-49-36(43)33-13-7-8-14-34(33)48-24-10-9-23-42-27-35(40-41-42)38(28-15-19-31(46-2)20-16-28,29-17-21-32(47-3)22-18-29)50-37(44)39-30-11-5-4-6-12-30/h4-8,11-22,27H,9-10,23-26H2,1-3H3,(H,39,44). The molecule has 5 rings (SSSR count). The first-order chi connectivity index (χ1) is 24.5. The number of amides is 1. The number of aromatic nitrogens is 3. The quantitative estimate of drug-likeness (QED) is 0.0858. The third-order valence-corrected chi connectivity index (χ3v) is 7.83. The molecule has 50 heavy (non-hydrogen) atoms. The van der Waals surface area contributed by atoms with Crippen LogP contribution in [-0.2, 0) is 26.4 Å². The van der Waals surface area contributed by atoms with Crippen LogP contribution in [0.15, 0.2) is 109 Å². The predicted molar refractivity (Wildman–Crippen MR) is 186 cm³/mol. The van der Waals surface area contributed by atoms with Gasteiger partial charge >= 0.3 is 12.1 Å². The molecule has 0 saturated carbocycles. The first-order valence-corrected chi connectivity index (χ1v) is 16.1. The minimum absolute atomic E-state index is 0.157. The van der Waals surface area contributed by atoms with Crippen LogP contribution in [0.1, 0.15) is 40.0 Å². The second-order valence-electron chi connectivity index (χ2n) is 11.1. The van der Waals surface area contributed by atoms with Crippen molar-refractivity contribution >= 4 is 17.7 Å². The Balaban J connectivity index is 1.36. The number of nitrogens with zero attached hydrogens (tertiary/aromatic N) is 3. The van der Waals surface area contributed by atoms with Crippen LogP contribution < -0.4 is 19.5 Å². The molecule has 260 valence electrons. The summed E-state index contributed by atoms with van der Waals surface area (Å²) in [5.41, 5.74) is 1.09. The molecule has 12 heteroatoms. The van der Waals surface area contributed by atoms with Gasteiger partial charge in [0.2, 0.25) is 5.60 Å². The largest absolute Gasteiger partial charge is 0.497 e. The third-order valence-electron chi connectivity index (χ3n) is 7.83. The van der Waals surface area contributed by atoms with E-state index >= 15 is 0 Å². The van der Waals surface area contributed by atoms with Crippen molar-refractivity contribution in [1.29, 1.82) is 0 Å². The van der Waals surface area contributed by atoms with E-state index in [1.165, 1.54) is 0 Å². The lowest BCUT2D eigenvalue weighted by atomic mass is 9.83. The van der Waals surface area contributed by atoms with Gasteiger partial charge in [-0.1, -0.05) is 59.8 Å². The number of rotatable bonds is 17. The lowest BCUT2D eigenvalue weighted by Gasteiger charge is -2.33. The van der Waals surface area contributed by atoms with Gasteiger partial charge in [0.15, 0.2) is 0 Å². The number of hydrogen-bond acceptors (Lipinski definition) is 10. The van der Waals surface area contributed by atoms with Gasteiger partial charge in [-0.25, -0.2) is 9.59 Å². The van der Waals surface area contributed by atoms with E-state index in [1.807, 2.05) is 42.5 Å². The van der Waals surface area contributed by atoms with Crippen molar-refractivity contribution in [2.45, 2.75) is 25.0 Å². The van der Waals surface area contributed by atoms with Crippen LogP contribution in [0.3, 0.4) is 0 Å². The molecule has 0 fully saturated rings. The van der Waals surface area contributed by atoms with Crippen LogP contribution in [0, 0.1) is 0 Å². The molecule has 0 radical (unpaired) electrons. The van der Waals surface area contributed by atoms with Crippen molar-refractivity contribution in [2.75, 3.05) is 46.5 Å². The highest BCUT2D eigenvalue weighted by atomic mass is 16.6. The highest BCUT2D eigenvalue weighted by Gasteiger charge is 2.44. The van der Waals surface area contributed by atoms with Crippen molar-refractivity contribution in [2.24, 2.45) is 0 Å². The molecule has 0 unspecified atom stereocenters. The van der Waals surface area contributed by atoms with E-state index < -0.39 is 17.7 Å². The molecule has 0 spiro atoms. The van der Waals surface area contributed by atoms with Gasteiger partial charge in [-0.3, -0.25) is 10.00 Å². The Bertz CT molecular complexity index is 1760. The van der Waals surface area contributed by atoms with Crippen molar-refractivity contribution in [1.82, 2.24) is 15.0 Å². The monoisotopic (exact) mass is 680 g/mol. The lowest BCUT2D eigenvalue weighted by molar-refractivity contribution is 0.0383. The Morgan fingerprint density at radius 1 is 0.740 bits per heavy atom. The number of anilines is 1. The minimum Gasteiger partial charge on any atom is -0.497 e. The maximum absolute atomic E-state index is 13.6. The number of benzene rings is 4. The number of esters is 1. The molecular formula is C38H40N4O8. The SMILES string of the molecule is COCCOC(=O)c1ccccc1OCCCCn1cc(C(OC(=O)Nc2ccccc2)(c2ccc(OC)cc2)c2ccc(OC)cc2)nn1. The van der Waals surface area contributed by atoms with E-state index in [4.69, 9.17) is 28.4 Å². The van der Waals surface area contributed by atoms with Gasteiger partial charge in [-0.05, 0) is 61.4 Å². The summed E-state index contributed by atoms with van der Waals surface area (Å²) in [5, 5.41) is 11.8. The predicted octanol–water partition coefficient (Wildman–Crippen LogP) is 6.50. The number of carbonyl (C=O) groups excluding carboxylic acids is 2. The Kier molecular flexibility index (Phi) is 12.4. The molecular weight excluding hydrogens is 640 g/mol. The molecule has 0 atom stereocenters. The van der Waals surface area contributed by atoms with Crippen molar-refractivity contribution in [3.05, 3.63) is 132 Å². The van der Waals surface area contributed by atoms with Crippen LogP contribution in [0.25, 0.3) is 0 Å². The fourth-order valence-corrected chi connectivity index (χ4v) is 5.27. The normalized spacial score (nSPS) is 11.0. The molecule has 0 aliphatic carbocycles. The van der Waals surface area contributed by atoms with Crippen LogP contribution in [-0.4, -0.2) is 68.2 Å². The zero-order valence-electron chi connectivity index (χ0n) is 28.2. The fraction of sp³-hybridized carbons (Fsp3) is 0.263. The summed E-state index contributed by atoms with van der Waals surface area (Å²) in [6.45, 7) is 1.35. The number of aryl methyl sites for hydroxylation is 1. The molecule has 1 N–H and O–H groups in total. The Morgan fingerprint density at radius 3 is 2.02 bits per heavy atom. The molecule has 12 nitrogen and oxygen atoms in total. The van der Waals surface area contributed by atoms with E-state index in [9.17, 15) is 9.59 Å². The van der Waals surface area contributed by atoms with Crippen LogP contribution in [0.5, 0.6) is 17.2 Å². The van der Waals surface area contributed by atoms with Gasteiger partial charge in [0, 0.05) is 30.5 Å². The summed E-state index contributed by atoms with van der Waals surface area (Å²) >= 11 is 0. The van der Waals surface area contributed by atoms with Crippen molar-refractivity contribution in [3.63, 3.8) is 0 Å². The van der Waals surface area contributed by atoms with E-state index in [0.29, 0.717) is 77.9 Å². The number of carbonyl (C=O) groups is 2. The molecule has 1 heterocycles. The van der Waals surface area contributed by atoms with E-state index in [0.717, 1.165) is 0 Å². The first kappa shape index (κ1) is 35.4. The minimum atomic E-state index is -1.50. The fourth-order valence-electron chi connectivity index (χ4n) is 5.27. The number of ether oxygens (including phenoxy) is 6. The molecule has 0 aliphatic heterocycles. The molecule has 1 aromatic heterocycles. The van der Waals surface area contributed by atoms with Crippen LogP contribution in [0.2, 0.25) is 0 Å². The van der Waals surface area contributed by atoms with Gasteiger partial charge in [0.05, 0.1) is 33.6 Å². The molecule has 0 bridgehead atoms. The summed E-state index contributed by atoms with van der Waals surface area (Å²) in [6.07, 6.45) is 2.45. The third kappa shape index (κ3) is 8.77. The van der Waals surface area contributed by atoms with E-state index in [2.05, 4.69) is 15.6 Å². The van der Waals surface area contributed by atoms with E-state index in [1.54, 1.807) is 92.9 Å². The summed E-state index contributed by atoms with van der Waals surface area (Å²) in [7, 11) is 4.72. The average molecular weight is 681 g/mol. The summed E-state index contributed by atoms with van der Waals surface area (Å²) in [5.74, 6) is 1.27. The summed E-state index contributed by atoms with van der Waals surface area (Å²) in [6, 6.07) is 30.6. The highest BCUT2D eigenvalue weighted by molar-refractivity contribution is 5.92. The highest BCUT2D eigenvalue weighted by Crippen LogP contribution is 2.41. The maximum atomic E-state index is 13.6. The Morgan fingerprint density at radius 2 is 1.38 bits per heavy atom. The second-order valence-corrected chi connectivity index (χ2v) is 11.1. The van der Waals surface area contributed by atoms with Gasteiger partial charge in [0.1, 0.15) is 35.1 Å². The van der Waals surface area contributed by atoms with Gasteiger partial charge in [-0.2, -0.15) is 0 Å². The maximum Gasteiger partial charge on any atom is 0.413 e. The van der Waals surface area contributed by atoms with Gasteiger partial charge in [0.25, 0.3) is 0 Å². The first-order valence-electron chi connectivity index (χ1n) is 16.1. The number of unbranched alkanes of at least 4 members (excludes halogenated alkanes) is 1. The van der Waals surface area contributed by atoms with Crippen molar-refractivity contribution < 1.29 is 38.0 Å². The molecule has 1 amide bonds.